The lowest BCUT2D eigenvalue weighted by Gasteiger charge is -2.17. The van der Waals surface area contributed by atoms with Gasteiger partial charge in [-0.3, -0.25) is 4.79 Å². The maximum atomic E-state index is 12.3. The van der Waals surface area contributed by atoms with Crippen LogP contribution in [0.25, 0.3) is 5.69 Å². The topological polar surface area (TPSA) is 52.5 Å². The van der Waals surface area contributed by atoms with Crippen LogP contribution in [0.1, 0.15) is 29.8 Å². The van der Waals surface area contributed by atoms with Crippen LogP contribution in [-0.4, -0.2) is 29.2 Å². The number of hydrogen-bond donors (Lipinski definition) is 1. The standard InChI is InChI=1S/C25H24N2O3/c1-25(2)18-20-8-7-9-22(23(20)30-25)29-17-6-3-14-26-24(28)19-10-12-21(13-11-19)27-15-4-5-16-27/h4-5,7-13,15-16H,14,17-18H2,1-2H3,(H,26,28). The Morgan fingerprint density at radius 1 is 1.10 bits per heavy atom. The van der Waals surface area contributed by atoms with E-state index in [1.54, 1.807) is 12.1 Å². The molecule has 2 heterocycles. The number of aromatic nitrogens is 1. The molecule has 152 valence electrons. The van der Waals surface area contributed by atoms with E-state index in [9.17, 15) is 4.79 Å². The Bertz CT molecular complexity index is 1090. The monoisotopic (exact) mass is 400 g/mol. The number of benzene rings is 2. The van der Waals surface area contributed by atoms with Gasteiger partial charge in [-0.1, -0.05) is 24.0 Å². The largest absolute Gasteiger partial charge is 0.483 e. The van der Waals surface area contributed by atoms with Crippen molar-refractivity contribution in [1.29, 1.82) is 0 Å². The number of ether oxygens (including phenoxy) is 2. The number of rotatable bonds is 5. The smallest absolute Gasteiger partial charge is 0.252 e. The van der Waals surface area contributed by atoms with E-state index < -0.39 is 0 Å². The van der Waals surface area contributed by atoms with Crippen LogP contribution in [0.15, 0.2) is 67.0 Å². The second-order valence-electron chi connectivity index (χ2n) is 7.75. The highest BCUT2D eigenvalue weighted by molar-refractivity contribution is 5.94. The Morgan fingerprint density at radius 2 is 1.87 bits per heavy atom. The summed E-state index contributed by atoms with van der Waals surface area (Å²) in [6, 6.07) is 17.3. The van der Waals surface area contributed by atoms with Crippen LogP contribution in [0.5, 0.6) is 11.5 Å². The number of hydrogen-bond acceptors (Lipinski definition) is 3. The lowest BCUT2D eigenvalue weighted by atomic mass is 10.0. The van der Waals surface area contributed by atoms with Crippen molar-refractivity contribution in [3.8, 4) is 29.0 Å². The van der Waals surface area contributed by atoms with Crippen molar-refractivity contribution in [1.82, 2.24) is 9.88 Å². The minimum Gasteiger partial charge on any atom is -0.483 e. The van der Waals surface area contributed by atoms with Crippen molar-refractivity contribution in [2.24, 2.45) is 0 Å². The number of nitrogens with one attached hydrogen (secondary N) is 1. The van der Waals surface area contributed by atoms with Gasteiger partial charge in [-0.15, -0.1) is 0 Å². The molecule has 3 aromatic rings. The van der Waals surface area contributed by atoms with Crippen LogP contribution in [0.2, 0.25) is 0 Å². The number of carbonyl (C=O) groups is 1. The molecule has 0 spiro atoms. The highest BCUT2D eigenvalue weighted by Gasteiger charge is 2.32. The number of para-hydroxylation sites is 1. The molecule has 0 aliphatic carbocycles. The van der Waals surface area contributed by atoms with Gasteiger partial charge in [-0.2, -0.15) is 0 Å². The zero-order valence-electron chi connectivity index (χ0n) is 17.1. The Balaban J connectivity index is 1.25. The van der Waals surface area contributed by atoms with Gasteiger partial charge in [0.05, 0.1) is 6.54 Å². The molecule has 0 radical (unpaired) electrons. The molecule has 0 bridgehead atoms. The lowest BCUT2D eigenvalue weighted by molar-refractivity contribution is 0.0958. The highest BCUT2D eigenvalue weighted by Crippen LogP contribution is 2.41. The molecule has 1 aromatic heterocycles. The van der Waals surface area contributed by atoms with Crippen LogP contribution in [0.3, 0.4) is 0 Å². The fourth-order valence-electron chi connectivity index (χ4n) is 3.45. The van der Waals surface area contributed by atoms with E-state index in [0.29, 0.717) is 11.3 Å². The first-order valence-corrected chi connectivity index (χ1v) is 9.93. The van der Waals surface area contributed by atoms with Gasteiger partial charge in [-0.25, -0.2) is 0 Å². The molecule has 0 saturated carbocycles. The third-order valence-corrected chi connectivity index (χ3v) is 4.85. The summed E-state index contributed by atoms with van der Waals surface area (Å²) in [4.78, 5) is 12.3. The summed E-state index contributed by atoms with van der Waals surface area (Å²) in [5.74, 6) is 7.22. The SMILES string of the molecule is CC1(C)Cc2cccc(OCC#CCNC(=O)c3ccc(-n4cccc4)cc3)c2O1. The van der Waals surface area contributed by atoms with Gasteiger partial charge in [0, 0.05) is 35.6 Å². The maximum absolute atomic E-state index is 12.3. The predicted molar refractivity (Wildman–Crippen MR) is 116 cm³/mol. The minimum absolute atomic E-state index is 0.152. The van der Waals surface area contributed by atoms with Gasteiger partial charge < -0.3 is 19.4 Å². The molecule has 0 fully saturated rings. The van der Waals surface area contributed by atoms with Crippen molar-refractivity contribution < 1.29 is 14.3 Å². The highest BCUT2D eigenvalue weighted by atomic mass is 16.5. The van der Waals surface area contributed by atoms with Crippen molar-refractivity contribution in [3.05, 3.63) is 78.1 Å². The summed E-state index contributed by atoms with van der Waals surface area (Å²) in [7, 11) is 0. The molecule has 2 aromatic carbocycles. The van der Waals surface area contributed by atoms with Gasteiger partial charge in [0.15, 0.2) is 11.5 Å². The van der Waals surface area contributed by atoms with Gasteiger partial charge >= 0.3 is 0 Å². The number of fused-ring (bicyclic) bond motifs is 1. The Hall–Kier alpha value is -3.65. The fourth-order valence-corrected chi connectivity index (χ4v) is 3.45. The summed E-state index contributed by atoms with van der Waals surface area (Å²) >= 11 is 0. The van der Waals surface area contributed by atoms with E-state index in [1.165, 1.54) is 0 Å². The van der Waals surface area contributed by atoms with Gasteiger partial charge in [0.2, 0.25) is 0 Å². The van der Waals surface area contributed by atoms with Crippen LogP contribution < -0.4 is 14.8 Å². The van der Waals surface area contributed by atoms with Crippen LogP contribution >= 0.6 is 0 Å². The second kappa shape index (κ2) is 8.38. The summed E-state index contributed by atoms with van der Waals surface area (Å²) in [5, 5.41) is 2.80. The van der Waals surface area contributed by atoms with E-state index in [1.807, 2.05) is 53.4 Å². The molecule has 1 aliphatic heterocycles. The molecule has 0 unspecified atom stereocenters. The number of amides is 1. The molecular weight excluding hydrogens is 376 g/mol. The van der Waals surface area contributed by atoms with Gasteiger partial charge in [0.25, 0.3) is 5.91 Å². The fraction of sp³-hybridized carbons (Fsp3) is 0.240. The third kappa shape index (κ3) is 4.49. The van der Waals surface area contributed by atoms with E-state index >= 15 is 0 Å². The predicted octanol–water partition coefficient (Wildman–Crippen LogP) is 4.00. The molecule has 5 nitrogen and oxygen atoms in total. The zero-order chi connectivity index (χ0) is 21.0. The first-order chi connectivity index (χ1) is 14.5. The van der Waals surface area contributed by atoms with Crippen molar-refractivity contribution in [2.75, 3.05) is 13.2 Å². The molecule has 0 saturated heterocycles. The molecule has 30 heavy (non-hydrogen) atoms. The average molecular weight is 400 g/mol. The lowest BCUT2D eigenvalue weighted by Crippen LogP contribution is -2.24. The van der Waals surface area contributed by atoms with E-state index in [0.717, 1.165) is 23.4 Å². The Kier molecular flexibility index (Phi) is 5.49. The molecular formula is C25H24N2O3. The van der Waals surface area contributed by atoms with Gasteiger partial charge in [0.1, 0.15) is 12.2 Å². The maximum Gasteiger partial charge on any atom is 0.252 e. The normalized spacial score (nSPS) is 13.5. The molecule has 1 N–H and O–H groups in total. The summed E-state index contributed by atoms with van der Waals surface area (Å²) in [5.41, 5.74) is 2.55. The van der Waals surface area contributed by atoms with Crippen molar-refractivity contribution >= 4 is 5.91 Å². The van der Waals surface area contributed by atoms with Crippen LogP contribution in [0.4, 0.5) is 0 Å². The quantitative estimate of drug-likeness (QED) is 0.659. The zero-order valence-corrected chi connectivity index (χ0v) is 17.1. The molecule has 4 rings (SSSR count). The number of carbonyl (C=O) groups excluding carboxylic acids is 1. The van der Waals surface area contributed by atoms with E-state index in [-0.39, 0.29) is 24.7 Å². The molecule has 5 heteroatoms. The molecule has 1 aliphatic rings. The second-order valence-corrected chi connectivity index (χ2v) is 7.75. The van der Waals surface area contributed by atoms with E-state index in [4.69, 9.17) is 9.47 Å². The first kappa shape index (κ1) is 19.7. The first-order valence-electron chi connectivity index (χ1n) is 9.93. The Labute approximate surface area is 176 Å². The summed E-state index contributed by atoms with van der Waals surface area (Å²) in [6.07, 6.45) is 4.79. The number of nitrogens with zero attached hydrogens (tertiary/aromatic N) is 1. The average Bonchev–Trinajstić information content (AvgIpc) is 3.37. The molecule has 1 amide bonds. The third-order valence-electron chi connectivity index (χ3n) is 4.85. The van der Waals surface area contributed by atoms with Gasteiger partial charge in [-0.05, 0) is 56.3 Å². The Morgan fingerprint density at radius 3 is 2.63 bits per heavy atom. The molecule has 0 atom stereocenters. The van der Waals surface area contributed by atoms with Crippen LogP contribution in [0, 0.1) is 11.8 Å². The van der Waals surface area contributed by atoms with Crippen LogP contribution in [-0.2, 0) is 6.42 Å². The minimum atomic E-state index is -0.210. The van der Waals surface area contributed by atoms with Crippen molar-refractivity contribution in [3.63, 3.8) is 0 Å². The summed E-state index contributed by atoms with van der Waals surface area (Å²) < 4.78 is 13.7. The van der Waals surface area contributed by atoms with E-state index in [2.05, 4.69) is 37.1 Å². The van der Waals surface area contributed by atoms with Crippen molar-refractivity contribution in [2.45, 2.75) is 25.9 Å². The summed E-state index contributed by atoms with van der Waals surface area (Å²) in [6.45, 7) is 4.63.